The van der Waals surface area contributed by atoms with E-state index in [4.69, 9.17) is 0 Å². The molecule has 0 saturated heterocycles. The Morgan fingerprint density at radius 3 is 1.88 bits per heavy atom. The lowest BCUT2D eigenvalue weighted by molar-refractivity contribution is -0.141. The van der Waals surface area contributed by atoms with E-state index in [2.05, 4.69) is 21.3 Å². The van der Waals surface area contributed by atoms with Gasteiger partial charge in [0.25, 0.3) is 5.91 Å². The fourth-order valence-corrected chi connectivity index (χ4v) is 4.00. The number of carbonyl (C=O) groups is 6. The van der Waals surface area contributed by atoms with Gasteiger partial charge in [-0.1, -0.05) is 78.8 Å². The summed E-state index contributed by atoms with van der Waals surface area (Å²) in [5, 5.41) is 10.4. The van der Waals surface area contributed by atoms with Crippen LogP contribution in [0.4, 0.5) is 0 Å². The van der Waals surface area contributed by atoms with Crippen molar-refractivity contribution in [2.45, 2.75) is 92.3 Å². The fourth-order valence-electron chi connectivity index (χ4n) is 4.00. The number of nitrogens with zero attached hydrogens (tertiary/aromatic N) is 1. The van der Waals surface area contributed by atoms with Gasteiger partial charge in [0.15, 0.2) is 0 Å². The van der Waals surface area contributed by atoms with Crippen molar-refractivity contribution in [3.63, 3.8) is 0 Å². The summed E-state index contributed by atoms with van der Waals surface area (Å²) in [7, 11) is 3.02. The molecule has 4 N–H and O–H groups in total. The zero-order chi connectivity index (χ0) is 32.4. The molecule has 234 valence electrons. The second kappa shape index (κ2) is 15.5. The molecule has 1 aromatic carbocycles. The van der Waals surface area contributed by atoms with Crippen LogP contribution in [-0.2, 0) is 28.8 Å². The third-order valence-electron chi connectivity index (χ3n) is 6.55. The van der Waals surface area contributed by atoms with Crippen LogP contribution < -0.4 is 21.3 Å². The van der Waals surface area contributed by atoms with Gasteiger partial charge in [-0.05, 0) is 29.2 Å². The molecule has 11 heteroatoms. The average Bonchev–Trinajstić information content (AvgIpc) is 2.87. The summed E-state index contributed by atoms with van der Waals surface area (Å²) in [6.45, 7) is 14.5. The maximum Gasteiger partial charge on any atom is 0.289 e. The number of rotatable bonds is 13. The van der Waals surface area contributed by atoms with Gasteiger partial charge >= 0.3 is 0 Å². The van der Waals surface area contributed by atoms with Gasteiger partial charge in [-0.3, -0.25) is 28.8 Å². The number of benzene rings is 1. The first-order valence-electron chi connectivity index (χ1n) is 14.2. The third-order valence-corrected chi connectivity index (χ3v) is 6.55. The van der Waals surface area contributed by atoms with Gasteiger partial charge in [-0.25, -0.2) is 0 Å². The van der Waals surface area contributed by atoms with Crippen molar-refractivity contribution in [2.24, 2.45) is 10.8 Å². The highest BCUT2D eigenvalue weighted by molar-refractivity contribution is 6.38. The van der Waals surface area contributed by atoms with E-state index >= 15 is 0 Å². The van der Waals surface area contributed by atoms with Crippen LogP contribution in [0.1, 0.15) is 79.7 Å². The average molecular weight is 588 g/mol. The van der Waals surface area contributed by atoms with Crippen LogP contribution in [-0.4, -0.2) is 79.0 Å². The Bertz CT molecular complexity index is 1120. The summed E-state index contributed by atoms with van der Waals surface area (Å²) in [5.74, 6) is -3.98. The highest BCUT2D eigenvalue weighted by Gasteiger charge is 2.37. The number of carbonyl (C=O) groups excluding carboxylic acids is 6. The Morgan fingerprint density at radius 2 is 1.38 bits per heavy atom. The highest BCUT2D eigenvalue weighted by atomic mass is 16.2. The van der Waals surface area contributed by atoms with Gasteiger partial charge in [-0.2, -0.15) is 0 Å². The number of Topliss-reactive ketones (excluding diaryl/α,β-unsaturated/α-hetero) is 1. The minimum Gasteiger partial charge on any atom is -0.349 e. The van der Waals surface area contributed by atoms with Crippen LogP contribution in [0.25, 0.3) is 0 Å². The minimum absolute atomic E-state index is 0.0378. The number of nitrogens with one attached hydrogen (secondary N) is 4. The molecular weight excluding hydrogens is 538 g/mol. The van der Waals surface area contributed by atoms with Crippen LogP contribution in [0.5, 0.6) is 0 Å². The molecule has 0 aliphatic carbocycles. The predicted molar refractivity (Wildman–Crippen MR) is 161 cm³/mol. The summed E-state index contributed by atoms with van der Waals surface area (Å²) in [5.41, 5.74) is -0.0283. The second-order valence-corrected chi connectivity index (χ2v) is 13.3. The Kier molecular flexibility index (Phi) is 13.4. The van der Waals surface area contributed by atoms with Crippen LogP contribution in [0.15, 0.2) is 30.3 Å². The molecule has 0 radical (unpaired) electrons. The molecule has 42 heavy (non-hydrogen) atoms. The van der Waals surface area contributed by atoms with E-state index in [9.17, 15) is 28.8 Å². The molecule has 0 aliphatic heterocycles. The van der Waals surface area contributed by atoms with Crippen LogP contribution in [0.2, 0.25) is 0 Å². The van der Waals surface area contributed by atoms with Gasteiger partial charge in [0.05, 0.1) is 12.5 Å². The molecule has 2 unspecified atom stereocenters. The zero-order valence-electron chi connectivity index (χ0n) is 26.7. The number of amides is 5. The predicted octanol–water partition coefficient (Wildman–Crippen LogP) is 1.91. The summed E-state index contributed by atoms with van der Waals surface area (Å²) < 4.78 is 0. The van der Waals surface area contributed by atoms with E-state index in [1.165, 1.54) is 25.9 Å². The summed E-state index contributed by atoms with van der Waals surface area (Å²) >= 11 is 0. The largest absolute Gasteiger partial charge is 0.349 e. The quantitative estimate of drug-likeness (QED) is 0.259. The van der Waals surface area contributed by atoms with Crippen molar-refractivity contribution in [3.8, 4) is 0 Å². The van der Waals surface area contributed by atoms with Gasteiger partial charge in [-0.15, -0.1) is 0 Å². The Balaban J connectivity index is 2.99. The van der Waals surface area contributed by atoms with E-state index < -0.39 is 53.0 Å². The van der Waals surface area contributed by atoms with Gasteiger partial charge in [0.2, 0.25) is 29.4 Å². The lowest BCUT2D eigenvalue weighted by Gasteiger charge is -2.33. The maximum absolute atomic E-state index is 13.4. The van der Waals surface area contributed by atoms with Crippen molar-refractivity contribution in [3.05, 3.63) is 35.9 Å². The SMILES string of the molecule is CC(NC(=O)[C@H](CC(=O)N(C)C)NC(=O)C(NC(=O)CC(C)(C)C)C(C)(C)C)C(=O)C(=O)NC[C@@H](C)c1ccccc1. The molecule has 0 bridgehead atoms. The Hall–Kier alpha value is -3.76. The fraction of sp³-hybridized carbons (Fsp3) is 0.613. The van der Waals surface area contributed by atoms with Crippen molar-refractivity contribution < 1.29 is 28.8 Å². The Labute approximate surface area is 249 Å². The molecule has 5 amide bonds. The summed E-state index contributed by atoms with van der Waals surface area (Å²) in [6, 6.07) is 5.92. The van der Waals surface area contributed by atoms with E-state index in [1.807, 2.05) is 58.0 Å². The molecule has 4 atom stereocenters. The van der Waals surface area contributed by atoms with Gasteiger partial charge < -0.3 is 26.2 Å². The van der Waals surface area contributed by atoms with E-state index in [1.54, 1.807) is 20.8 Å². The molecule has 1 rings (SSSR count). The Morgan fingerprint density at radius 1 is 0.810 bits per heavy atom. The van der Waals surface area contributed by atoms with Crippen LogP contribution >= 0.6 is 0 Å². The topological polar surface area (TPSA) is 154 Å². The molecule has 0 aromatic heterocycles. The van der Waals surface area contributed by atoms with Crippen LogP contribution in [0, 0.1) is 10.8 Å². The molecule has 11 nitrogen and oxygen atoms in total. The second-order valence-electron chi connectivity index (χ2n) is 13.3. The monoisotopic (exact) mass is 587 g/mol. The first-order valence-corrected chi connectivity index (χ1v) is 14.2. The first-order chi connectivity index (χ1) is 19.2. The van der Waals surface area contributed by atoms with Crippen LogP contribution in [0.3, 0.4) is 0 Å². The van der Waals surface area contributed by atoms with Crippen molar-refractivity contribution in [1.29, 1.82) is 0 Å². The third kappa shape index (κ3) is 12.4. The van der Waals surface area contributed by atoms with E-state index in [0.29, 0.717) is 0 Å². The molecule has 0 heterocycles. The zero-order valence-corrected chi connectivity index (χ0v) is 26.7. The molecule has 1 aromatic rings. The summed E-state index contributed by atoms with van der Waals surface area (Å²) in [6.07, 6.45) is -0.208. The highest BCUT2D eigenvalue weighted by Crippen LogP contribution is 2.22. The smallest absolute Gasteiger partial charge is 0.289 e. The summed E-state index contributed by atoms with van der Waals surface area (Å²) in [4.78, 5) is 78.4. The van der Waals surface area contributed by atoms with Crippen molar-refractivity contribution in [1.82, 2.24) is 26.2 Å². The van der Waals surface area contributed by atoms with E-state index in [0.717, 1.165) is 5.56 Å². The van der Waals surface area contributed by atoms with E-state index in [-0.39, 0.29) is 36.6 Å². The lowest BCUT2D eigenvalue weighted by atomic mass is 9.85. The van der Waals surface area contributed by atoms with Gasteiger partial charge in [0, 0.05) is 27.1 Å². The minimum atomic E-state index is -1.35. The molecular formula is C31H49N5O6. The molecule has 0 spiro atoms. The number of hydrogen-bond donors (Lipinski definition) is 4. The first kappa shape index (κ1) is 36.3. The number of ketones is 1. The normalized spacial score (nSPS) is 14.4. The maximum atomic E-state index is 13.4. The lowest BCUT2D eigenvalue weighted by Crippen LogP contribution is -2.59. The molecule has 0 fully saturated rings. The number of hydrogen-bond acceptors (Lipinski definition) is 6. The van der Waals surface area contributed by atoms with Gasteiger partial charge in [0.1, 0.15) is 12.1 Å². The molecule has 0 aliphatic rings. The standard InChI is InChI=1S/C31H49N5O6/c1-19(21-14-12-11-13-15-21)18-32-28(41)25(39)20(2)33-27(40)22(16-24(38)36(9)10)34-29(42)26(31(6,7)8)35-23(37)17-30(3,4)5/h11-15,19-20,22,26H,16-18H2,1-10H3,(H,32,41)(H,33,40)(H,34,42)(H,35,37)/t19-,20?,22+,26?/m1/s1. The van der Waals surface area contributed by atoms with Crippen molar-refractivity contribution >= 4 is 35.3 Å². The molecule has 0 saturated carbocycles. The van der Waals surface area contributed by atoms with Crippen molar-refractivity contribution in [2.75, 3.05) is 20.6 Å².